The van der Waals surface area contributed by atoms with Crippen molar-refractivity contribution < 1.29 is 4.79 Å². The number of benzene rings is 1. The predicted octanol–water partition coefficient (Wildman–Crippen LogP) is 2.05. The fourth-order valence-electron chi connectivity index (χ4n) is 2.38. The number of carbonyl (C=O) groups excluding carboxylic acids is 1. The lowest BCUT2D eigenvalue weighted by atomic mass is 10.1. The molecule has 21 heavy (non-hydrogen) atoms. The first-order valence-corrected chi connectivity index (χ1v) is 6.99. The highest BCUT2D eigenvalue weighted by molar-refractivity contribution is 5.85. The molecule has 1 amide bonds. The van der Waals surface area contributed by atoms with Gasteiger partial charge in [0.15, 0.2) is 0 Å². The standard InChI is InChI=1S/C15H23N3O.2ClH/c1-12-4-6-13(7-5-12)14(16)15(19)17-8-11-18-9-2-3-10-18;;/h4-7,14H,2-3,8-11,16H2,1H3,(H,17,19);2*1H. The second kappa shape index (κ2) is 10.0. The Balaban J connectivity index is 0.00000200. The van der Waals surface area contributed by atoms with Crippen LogP contribution in [0.2, 0.25) is 0 Å². The van der Waals surface area contributed by atoms with E-state index in [-0.39, 0.29) is 30.7 Å². The van der Waals surface area contributed by atoms with Crippen LogP contribution in [-0.2, 0) is 4.79 Å². The Hall–Kier alpha value is -0.810. The smallest absolute Gasteiger partial charge is 0.241 e. The topological polar surface area (TPSA) is 58.4 Å². The van der Waals surface area contributed by atoms with Gasteiger partial charge < -0.3 is 16.0 Å². The molecule has 1 saturated heterocycles. The Morgan fingerprint density at radius 1 is 1.24 bits per heavy atom. The van der Waals surface area contributed by atoms with Gasteiger partial charge >= 0.3 is 0 Å². The van der Waals surface area contributed by atoms with E-state index in [0.717, 1.165) is 25.2 Å². The molecular weight excluding hydrogens is 309 g/mol. The van der Waals surface area contributed by atoms with Crippen molar-refractivity contribution in [1.82, 2.24) is 10.2 Å². The number of hydrogen-bond acceptors (Lipinski definition) is 3. The zero-order chi connectivity index (χ0) is 13.7. The van der Waals surface area contributed by atoms with E-state index in [1.807, 2.05) is 31.2 Å². The molecule has 1 atom stereocenters. The van der Waals surface area contributed by atoms with Crippen LogP contribution < -0.4 is 11.1 Å². The van der Waals surface area contributed by atoms with Gasteiger partial charge in [-0.05, 0) is 38.4 Å². The average Bonchev–Trinajstić information content (AvgIpc) is 2.92. The molecular formula is C15H25Cl2N3O. The highest BCUT2D eigenvalue weighted by atomic mass is 35.5. The predicted molar refractivity (Wildman–Crippen MR) is 91.3 cm³/mol. The molecule has 0 radical (unpaired) electrons. The van der Waals surface area contributed by atoms with Crippen LogP contribution in [0.25, 0.3) is 0 Å². The van der Waals surface area contributed by atoms with E-state index in [0.29, 0.717) is 6.54 Å². The van der Waals surface area contributed by atoms with Gasteiger partial charge in [-0.2, -0.15) is 0 Å². The third-order valence-corrected chi connectivity index (χ3v) is 3.64. The zero-order valence-electron chi connectivity index (χ0n) is 12.4. The first kappa shape index (κ1) is 20.2. The minimum Gasteiger partial charge on any atom is -0.353 e. The molecule has 1 aliphatic rings. The largest absolute Gasteiger partial charge is 0.353 e. The highest BCUT2D eigenvalue weighted by Crippen LogP contribution is 2.11. The van der Waals surface area contributed by atoms with Gasteiger partial charge in [0.1, 0.15) is 6.04 Å². The number of rotatable bonds is 5. The maximum Gasteiger partial charge on any atom is 0.241 e. The van der Waals surface area contributed by atoms with E-state index in [1.54, 1.807) is 0 Å². The van der Waals surface area contributed by atoms with Crippen molar-refractivity contribution >= 4 is 30.7 Å². The number of carbonyl (C=O) groups is 1. The lowest BCUT2D eigenvalue weighted by Crippen LogP contribution is -2.38. The van der Waals surface area contributed by atoms with Gasteiger partial charge in [-0.3, -0.25) is 4.79 Å². The first-order valence-electron chi connectivity index (χ1n) is 6.99. The first-order chi connectivity index (χ1) is 9.16. The van der Waals surface area contributed by atoms with Crippen molar-refractivity contribution in [2.24, 2.45) is 5.73 Å². The molecule has 1 fully saturated rings. The lowest BCUT2D eigenvalue weighted by Gasteiger charge is -2.17. The highest BCUT2D eigenvalue weighted by Gasteiger charge is 2.16. The van der Waals surface area contributed by atoms with Gasteiger partial charge in [-0.15, -0.1) is 24.8 Å². The van der Waals surface area contributed by atoms with E-state index in [1.165, 1.54) is 18.4 Å². The summed E-state index contributed by atoms with van der Waals surface area (Å²) in [4.78, 5) is 14.3. The van der Waals surface area contributed by atoms with Crippen LogP contribution in [0.1, 0.15) is 30.0 Å². The Labute approximate surface area is 139 Å². The second-order valence-corrected chi connectivity index (χ2v) is 5.23. The summed E-state index contributed by atoms with van der Waals surface area (Å²) in [6, 6.07) is 7.22. The summed E-state index contributed by atoms with van der Waals surface area (Å²) in [6.07, 6.45) is 2.55. The van der Waals surface area contributed by atoms with Crippen molar-refractivity contribution in [3.8, 4) is 0 Å². The third kappa shape index (κ3) is 6.22. The number of likely N-dealkylation sites (tertiary alicyclic amines) is 1. The van der Waals surface area contributed by atoms with E-state index >= 15 is 0 Å². The van der Waals surface area contributed by atoms with Gasteiger partial charge in [0.05, 0.1) is 0 Å². The molecule has 0 bridgehead atoms. The van der Waals surface area contributed by atoms with Crippen LogP contribution in [0.5, 0.6) is 0 Å². The number of halogens is 2. The molecule has 3 N–H and O–H groups in total. The summed E-state index contributed by atoms with van der Waals surface area (Å²) >= 11 is 0. The Morgan fingerprint density at radius 2 is 1.81 bits per heavy atom. The Morgan fingerprint density at radius 3 is 2.38 bits per heavy atom. The molecule has 0 spiro atoms. The summed E-state index contributed by atoms with van der Waals surface area (Å²) in [6.45, 7) is 5.93. The van der Waals surface area contributed by atoms with E-state index in [9.17, 15) is 4.79 Å². The van der Waals surface area contributed by atoms with Gasteiger partial charge in [-0.25, -0.2) is 0 Å². The minimum atomic E-state index is -0.570. The van der Waals surface area contributed by atoms with E-state index in [2.05, 4.69) is 10.2 Å². The van der Waals surface area contributed by atoms with Crippen molar-refractivity contribution in [1.29, 1.82) is 0 Å². The van der Waals surface area contributed by atoms with Crippen molar-refractivity contribution in [2.45, 2.75) is 25.8 Å². The summed E-state index contributed by atoms with van der Waals surface area (Å²) < 4.78 is 0. The molecule has 0 aliphatic carbocycles. The molecule has 2 rings (SSSR count). The maximum absolute atomic E-state index is 11.9. The van der Waals surface area contributed by atoms with Crippen molar-refractivity contribution in [3.63, 3.8) is 0 Å². The van der Waals surface area contributed by atoms with Crippen LogP contribution in [0, 0.1) is 6.92 Å². The molecule has 1 unspecified atom stereocenters. The van der Waals surface area contributed by atoms with Crippen LogP contribution in [0.15, 0.2) is 24.3 Å². The monoisotopic (exact) mass is 333 g/mol. The summed E-state index contributed by atoms with van der Waals surface area (Å²) in [7, 11) is 0. The quantitative estimate of drug-likeness (QED) is 0.866. The molecule has 1 aromatic rings. The summed E-state index contributed by atoms with van der Waals surface area (Å²) in [5.41, 5.74) is 7.99. The van der Waals surface area contributed by atoms with Crippen LogP contribution in [-0.4, -0.2) is 37.0 Å². The average molecular weight is 334 g/mol. The fraction of sp³-hybridized carbons (Fsp3) is 0.533. The Kier molecular flexibility index (Phi) is 9.62. The number of nitrogens with one attached hydrogen (secondary N) is 1. The van der Waals surface area contributed by atoms with Gasteiger partial charge in [0.2, 0.25) is 5.91 Å². The molecule has 0 saturated carbocycles. The second-order valence-electron chi connectivity index (χ2n) is 5.23. The van der Waals surface area contributed by atoms with Gasteiger partial charge in [-0.1, -0.05) is 29.8 Å². The fourth-order valence-corrected chi connectivity index (χ4v) is 2.38. The van der Waals surface area contributed by atoms with Gasteiger partial charge in [0, 0.05) is 13.1 Å². The lowest BCUT2D eigenvalue weighted by molar-refractivity contribution is -0.122. The summed E-state index contributed by atoms with van der Waals surface area (Å²) in [5.74, 6) is -0.0944. The molecule has 1 heterocycles. The van der Waals surface area contributed by atoms with Gasteiger partial charge in [0.25, 0.3) is 0 Å². The van der Waals surface area contributed by atoms with E-state index < -0.39 is 6.04 Å². The molecule has 6 heteroatoms. The van der Waals surface area contributed by atoms with Crippen LogP contribution in [0.4, 0.5) is 0 Å². The molecule has 0 aromatic heterocycles. The normalized spacial score (nSPS) is 15.7. The van der Waals surface area contributed by atoms with Crippen molar-refractivity contribution in [3.05, 3.63) is 35.4 Å². The number of nitrogens with zero attached hydrogens (tertiary/aromatic N) is 1. The minimum absolute atomic E-state index is 0. The number of nitrogens with two attached hydrogens (primary N) is 1. The zero-order valence-corrected chi connectivity index (χ0v) is 14.0. The molecule has 120 valence electrons. The van der Waals surface area contributed by atoms with Crippen LogP contribution >= 0.6 is 24.8 Å². The Bertz CT molecular complexity index is 419. The number of aryl methyl sites for hydroxylation is 1. The number of amides is 1. The molecule has 4 nitrogen and oxygen atoms in total. The SMILES string of the molecule is Cc1ccc(C(N)C(=O)NCCN2CCCC2)cc1.Cl.Cl. The molecule has 1 aliphatic heterocycles. The number of hydrogen-bond donors (Lipinski definition) is 2. The van der Waals surface area contributed by atoms with E-state index in [4.69, 9.17) is 5.73 Å². The molecule has 1 aromatic carbocycles. The third-order valence-electron chi connectivity index (χ3n) is 3.64. The van der Waals surface area contributed by atoms with Crippen molar-refractivity contribution in [2.75, 3.05) is 26.2 Å². The maximum atomic E-state index is 11.9. The van der Waals surface area contributed by atoms with Crippen LogP contribution in [0.3, 0.4) is 0 Å². The summed E-state index contributed by atoms with van der Waals surface area (Å²) in [5, 5.41) is 2.92.